The molecule has 4 atom stereocenters. The maximum absolute atomic E-state index is 2.88. The van der Waals surface area contributed by atoms with Gasteiger partial charge in [0.15, 0.2) is 0 Å². The molecule has 0 amide bonds. The average Bonchev–Trinajstić information content (AvgIpc) is 3.26. The highest BCUT2D eigenvalue weighted by Crippen LogP contribution is 2.55. The Morgan fingerprint density at radius 3 is 1.73 bits per heavy atom. The number of hydrogen-bond donors (Lipinski definition) is 0. The first-order valence-electron chi connectivity index (χ1n) is 22.9. The summed E-state index contributed by atoms with van der Waals surface area (Å²) in [6.07, 6.45) is 19.6. The van der Waals surface area contributed by atoms with Gasteiger partial charge >= 0.3 is 0 Å². The summed E-state index contributed by atoms with van der Waals surface area (Å²) in [7, 11) is 0. The minimum atomic E-state index is -0.240. The lowest BCUT2D eigenvalue weighted by atomic mass is 9.27. The van der Waals surface area contributed by atoms with Crippen molar-refractivity contribution >= 4 is 29.0 Å². The van der Waals surface area contributed by atoms with Crippen molar-refractivity contribution in [2.45, 2.75) is 123 Å². The molecule has 0 radical (unpaired) electrons. The van der Waals surface area contributed by atoms with Crippen molar-refractivity contribution in [2.24, 2.45) is 17.8 Å². The Morgan fingerprint density at radius 1 is 0.644 bits per heavy atom. The molecule has 5 aliphatic rings. The first kappa shape index (κ1) is 39.7. The molecular weight excluding hydrogens is 711 g/mol. The molecule has 2 nitrogen and oxygen atoms in total. The van der Waals surface area contributed by atoms with Crippen LogP contribution in [0, 0.1) is 17.8 Å². The zero-order valence-electron chi connectivity index (χ0n) is 37.1. The maximum Gasteiger partial charge on any atom is 0.225 e. The van der Waals surface area contributed by atoms with Crippen molar-refractivity contribution in [1.29, 1.82) is 0 Å². The van der Waals surface area contributed by atoms with Crippen molar-refractivity contribution in [2.75, 3.05) is 9.80 Å². The molecule has 4 aromatic rings. The Morgan fingerprint density at radius 2 is 1.24 bits per heavy atom. The van der Waals surface area contributed by atoms with E-state index in [1.807, 2.05) is 0 Å². The van der Waals surface area contributed by atoms with E-state index >= 15 is 0 Å². The van der Waals surface area contributed by atoms with Gasteiger partial charge in [-0.25, -0.2) is 0 Å². The lowest BCUT2D eigenvalue weighted by Gasteiger charge is -2.58. The molecule has 9 rings (SSSR count). The van der Waals surface area contributed by atoms with Gasteiger partial charge in [0.25, 0.3) is 0 Å². The minimum Gasteiger partial charge on any atom is -0.342 e. The van der Waals surface area contributed by atoms with Crippen molar-refractivity contribution in [3.63, 3.8) is 0 Å². The summed E-state index contributed by atoms with van der Waals surface area (Å²) in [5.74, 6) is 2.55. The number of allylic oxidation sites excluding steroid dienone is 7. The van der Waals surface area contributed by atoms with Gasteiger partial charge in [0.2, 0.25) is 6.71 Å². The highest BCUT2D eigenvalue weighted by Gasteiger charge is 2.56. The van der Waals surface area contributed by atoms with Crippen LogP contribution in [0.5, 0.6) is 0 Å². The third kappa shape index (κ3) is 6.81. The molecule has 4 aromatic carbocycles. The Labute approximate surface area is 356 Å². The van der Waals surface area contributed by atoms with Crippen LogP contribution in [0.15, 0.2) is 156 Å². The van der Waals surface area contributed by atoms with E-state index in [4.69, 9.17) is 0 Å². The predicted octanol–water partition coefficient (Wildman–Crippen LogP) is 13.0. The van der Waals surface area contributed by atoms with Crippen LogP contribution in [0.3, 0.4) is 0 Å². The molecule has 0 N–H and O–H groups in total. The summed E-state index contributed by atoms with van der Waals surface area (Å²) >= 11 is 0. The zero-order valence-corrected chi connectivity index (χ0v) is 37.1. The molecule has 0 saturated carbocycles. The molecule has 0 bridgehead atoms. The summed E-state index contributed by atoms with van der Waals surface area (Å²) < 4.78 is 0. The summed E-state index contributed by atoms with van der Waals surface area (Å²) in [5, 5.41) is 0. The van der Waals surface area contributed by atoms with Gasteiger partial charge in [0.1, 0.15) is 0 Å². The van der Waals surface area contributed by atoms with Gasteiger partial charge in [-0.1, -0.05) is 183 Å². The molecule has 0 aromatic heterocycles. The Bertz CT molecular complexity index is 2320. The highest BCUT2D eigenvalue weighted by molar-refractivity contribution is 6.90. The number of fused-ring (bicyclic) bond motifs is 4. The zero-order chi connectivity index (χ0) is 41.2. The smallest absolute Gasteiger partial charge is 0.225 e. The molecule has 302 valence electrons. The van der Waals surface area contributed by atoms with E-state index in [-0.39, 0.29) is 30.1 Å². The second kappa shape index (κ2) is 15.7. The number of anilines is 2. The van der Waals surface area contributed by atoms with Crippen LogP contribution in [-0.4, -0.2) is 18.8 Å². The number of hydrogen-bond acceptors (Lipinski definition) is 2. The Kier molecular flexibility index (Phi) is 10.6. The van der Waals surface area contributed by atoms with Crippen LogP contribution in [-0.2, 0) is 5.41 Å². The lowest BCUT2D eigenvalue weighted by Crippen LogP contribution is -2.67. The van der Waals surface area contributed by atoms with Crippen LogP contribution in [0.2, 0.25) is 5.82 Å². The van der Waals surface area contributed by atoms with Crippen LogP contribution in [0.25, 0.3) is 0 Å². The summed E-state index contributed by atoms with van der Waals surface area (Å²) in [5.41, 5.74) is 17.3. The molecule has 4 unspecified atom stereocenters. The number of rotatable bonds is 9. The Hall–Kier alpha value is -4.76. The second-order valence-corrected chi connectivity index (χ2v) is 19.7. The maximum atomic E-state index is 2.88. The molecule has 3 heteroatoms. The van der Waals surface area contributed by atoms with Crippen LogP contribution >= 0.6 is 0 Å². The van der Waals surface area contributed by atoms with Crippen molar-refractivity contribution in [3.8, 4) is 0 Å². The van der Waals surface area contributed by atoms with Crippen LogP contribution in [0.1, 0.15) is 122 Å². The third-order valence-electron chi connectivity index (χ3n) is 15.0. The van der Waals surface area contributed by atoms with E-state index < -0.39 is 0 Å². The topological polar surface area (TPSA) is 6.48 Å². The van der Waals surface area contributed by atoms with E-state index in [1.54, 1.807) is 5.57 Å². The van der Waals surface area contributed by atoms with E-state index in [2.05, 4.69) is 206 Å². The fourth-order valence-electron chi connectivity index (χ4n) is 11.4. The average molecular weight is 777 g/mol. The fourth-order valence-corrected chi connectivity index (χ4v) is 11.4. The standard InChI is InChI=1S/C56H65BN2/c1-36(2)40-20-26-47(27-21-40)58-51-30-24-42(38(5)6)32-49(51)57-50-33-43(39(7)8)25-31-52(50)59(48-28-22-41(23-29-48)37(3)4)54-35-46(34-53(58)55(54)57)56(9,44-16-12-10-13-17-44)45-18-14-11-15-19-45/h10-22,24-26,28,30-34,36-39,46-47,54-55H,23,27,29,35H2,1-9H3. The van der Waals surface area contributed by atoms with Gasteiger partial charge in [-0.05, 0) is 112 Å². The van der Waals surface area contributed by atoms with Crippen molar-refractivity contribution in [3.05, 3.63) is 178 Å². The molecule has 59 heavy (non-hydrogen) atoms. The number of nitrogens with zero attached hydrogens (tertiary/aromatic N) is 2. The summed E-state index contributed by atoms with van der Waals surface area (Å²) in [6.45, 7) is 21.6. The molecule has 2 heterocycles. The van der Waals surface area contributed by atoms with Gasteiger partial charge in [0.05, 0.1) is 6.04 Å². The van der Waals surface area contributed by atoms with Crippen LogP contribution < -0.4 is 20.7 Å². The fraction of sp³-hybridized carbons (Fsp3) is 0.393. The van der Waals surface area contributed by atoms with Gasteiger partial charge in [-0.15, -0.1) is 0 Å². The van der Waals surface area contributed by atoms with E-state index in [1.165, 1.54) is 61.5 Å². The summed E-state index contributed by atoms with van der Waals surface area (Å²) in [6, 6.07) is 38.5. The SMILES string of the molecule is CC(C)C1=CCC(N2C3=CC(C(C)(c4ccccc4)c4ccccc4)CC4C3B(c3cc(C(C)C)ccc32)c2cc(C(C)C)ccc2N4C2=CC=C(C(C)C)CC2)C=C1. The third-order valence-corrected chi connectivity index (χ3v) is 15.0. The minimum absolute atomic E-state index is 0.240. The molecule has 0 fully saturated rings. The van der Waals surface area contributed by atoms with E-state index in [9.17, 15) is 0 Å². The highest BCUT2D eigenvalue weighted by atomic mass is 15.2. The van der Waals surface area contributed by atoms with Gasteiger partial charge in [-0.2, -0.15) is 0 Å². The number of benzene rings is 4. The summed E-state index contributed by atoms with van der Waals surface area (Å²) in [4.78, 5) is 5.72. The van der Waals surface area contributed by atoms with E-state index in [0.717, 1.165) is 25.7 Å². The second-order valence-electron chi connectivity index (χ2n) is 19.7. The molecule has 0 spiro atoms. The molecular formula is C56H65BN2. The van der Waals surface area contributed by atoms with Gasteiger partial charge < -0.3 is 9.80 Å². The molecule has 2 aliphatic heterocycles. The van der Waals surface area contributed by atoms with Gasteiger partial charge in [0, 0.05) is 40.0 Å². The molecule has 0 saturated heterocycles. The monoisotopic (exact) mass is 777 g/mol. The normalized spacial score (nSPS) is 22.6. The van der Waals surface area contributed by atoms with Crippen molar-refractivity contribution in [1.82, 2.24) is 0 Å². The van der Waals surface area contributed by atoms with Crippen molar-refractivity contribution < 1.29 is 0 Å². The quantitative estimate of drug-likeness (QED) is 0.156. The Balaban J connectivity index is 1.35. The largest absolute Gasteiger partial charge is 0.342 e. The van der Waals surface area contributed by atoms with Gasteiger partial charge in [-0.3, -0.25) is 0 Å². The van der Waals surface area contributed by atoms with E-state index in [0.29, 0.717) is 29.5 Å². The predicted molar refractivity (Wildman–Crippen MR) is 255 cm³/mol. The lowest BCUT2D eigenvalue weighted by molar-refractivity contribution is 0.333. The molecule has 3 aliphatic carbocycles. The first-order valence-corrected chi connectivity index (χ1v) is 22.9. The van der Waals surface area contributed by atoms with Crippen LogP contribution in [0.4, 0.5) is 11.4 Å². The first-order chi connectivity index (χ1) is 28.4.